The van der Waals surface area contributed by atoms with E-state index in [9.17, 15) is 4.79 Å². The zero-order valence-electron chi connectivity index (χ0n) is 9.66. The van der Waals surface area contributed by atoms with Crippen molar-refractivity contribution in [3.05, 3.63) is 23.7 Å². The summed E-state index contributed by atoms with van der Waals surface area (Å²) in [5.74, 6) is 0.343. The van der Waals surface area contributed by atoms with Crippen LogP contribution in [0.4, 0.5) is 0 Å². The molecule has 1 amide bonds. The van der Waals surface area contributed by atoms with Gasteiger partial charge >= 0.3 is 0 Å². The zero-order valence-corrected chi connectivity index (χ0v) is 9.66. The smallest absolute Gasteiger partial charge is 0.284 e. The predicted octanol–water partition coefficient (Wildman–Crippen LogP) is 0.893. The third-order valence-corrected chi connectivity index (χ3v) is 2.33. The summed E-state index contributed by atoms with van der Waals surface area (Å²) in [5, 5.41) is 3.27. The first-order chi connectivity index (χ1) is 7.67. The summed E-state index contributed by atoms with van der Waals surface area (Å²) in [6, 6.07) is 3.61. The Hall–Kier alpha value is -1.33. The SMILES string of the molecule is CCC(COC)NCc1ccc(C(N)=O)o1. The van der Waals surface area contributed by atoms with Crippen molar-refractivity contribution >= 4 is 5.91 Å². The number of rotatable bonds is 7. The van der Waals surface area contributed by atoms with E-state index in [-0.39, 0.29) is 11.8 Å². The number of furan rings is 1. The first-order valence-corrected chi connectivity index (χ1v) is 5.28. The number of nitrogens with one attached hydrogen (secondary N) is 1. The molecule has 1 rings (SSSR count). The number of methoxy groups -OCH3 is 1. The highest BCUT2D eigenvalue weighted by Gasteiger charge is 2.09. The molecule has 1 atom stereocenters. The summed E-state index contributed by atoms with van der Waals surface area (Å²) in [5.41, 5.74) is 5.08. The van der Waals surface area contributed by atoms with Gasteiger partial charge in [-0.1, -0.05) is 6.92 Å². The van der Waals surface area contributed by atoms with E-state index in [1.807, 2.05) is 0 Å². The molecule has 0 saturated heterocycles. The van der Waals surface area contributed by atoms with Crippen LogP contribution in [0.3, 0.4) is 0 Å². The molecule has 0 bridgehead atoms. The standard InChI is InChI=1S/C11H18N2O3/c1-3-8(7-15-2)13-6-9-4-5-10(16-9)11(12)14/h4-5,8,13H,3,6-7H2,1-2H3,(H2,12,14). The maximum Gasteiger partial charge on any atom is 0.284 e. The van der Waals surface area contributed by atoms with Crippen LogP contribution in [0, 0.1) is 0 Å². The molecular formula is C11H18N2O3. The van der Waals surface area contributed by atoms with Crippen molar-refractivity contribution in [3.63, 3.8) is 0 Å². The molecule has 0 spiro atoms. The lowest BCUT2D eigenvalue weighted by Gasteiger charge is -2.14. The summed E-state index contributed by atoms with van der Waals surface area (Å²) >= 11 is 0. The second-order valence-corrected chi connectivity index (χ2v) is 3.57. The van der Waals surface area contributed by atoms with Crippen molar-refractivity contribution in [1.82, 2.24) is 5.32 Å². The minimum absolute atomic E-state index is 0.191. The average Bonchev–Trinajstić information content (AvgIpc) is 2.73. The van der Waals surface area contributed by atoms with Gasteiger partial charge in [-0.3, -0.25) is 4.79 Å². The van der Waals surface area contributed by atoms with E-state index in [2.05, 4.69) is 12.2 Å². The highest BCUT2D eigenvalue weighted by molar-refractivity contribution is 5.89. The highest BCUT2D eigenvalue weighted by Crippen LogP contribution is 2.07. The topological polar surface area (TPSA) is 77.5 Å². The van der Waals surface area contributed by atoms with E-state index >= 15 is 0 Å². The van der Waals surface area contributed by atoms with E-state index in [0.717, 1.165) is 6.42 Å². The number of carbonyl (C=O) groups is 1. The van der Waals surface area contributed by atoms with Crippen LogP contribution in [-0.4, -0.2) is 25.7 Å². The van der Waals surface area contributed by atoms with Gasteiger partial charge in [0, 0.05) is 13.2 Å². The summed E-state index contributed by atoms with van der Waals surface area (Å²) in [7, 11) is 1.67. The van der Waals surface area contributed by atoms with Crippen LogP contribution in [0.15, 0.2) is 16.5 Å². The van der Waals surface area contributed by atoms with Crippen molar-refractivity contribution in [2.24, 2.45) is 5.73 Å². The molecule has 0 aromatic carbocycles. The summed E-state index contributed by atoms with van der Waals surface area (Å²) in [6.45, 7) is 3.29. The fourth-order valence-corrected chi connectivity index (χ4v) is 1.37. The van der Waals surface area contributed by atoms with Gasteiger partial charge in [-0.05, 0) is 18.6 Å². The first-order valence-electron chi connectivity index (χ1n) is 5.28. The van der Waals surface area contributed by atoms with Gasteiger partial charge in [-0.2, -0.15) is 0 Å². The van der Waals surface area contributed by atoms with E-state index < -0.39 is 5.91 Å². The van der Waals surface area contributed by atoms with Crippen molar-refractivity contribution in [3.8, 4) is 0 Å². The van der Waals surface area contributed by atoms with Gasteiger partial charge in [0.25, 0.3) is 5.91 Å². The average molecular weight is 226 g/mol. The molecule has 0 aliphatic heterocycles. The van der Waals surface area contributed by atoms with E-state index in [1.54, 1.807) is 19.2 Å². The van der Waals surface area contributed by atoms with E-state index in [4.69, 9.17) is 14.9 Å². The summed E-state index contributed by atoms with van der Waals surface area (Å²) < 4.78 is 10.3. The molecule has 3 N–H and O–H groups in total. The van der Waals surface area contributed by atoms with Crippen LogP contribution in [0.25, 0.3) is 0 Å². The molecule has 5 nitrogen and oxygen atoms in total. The minimum atomic E-state index is -0.546. The lowest BCUT2D eigenvalue weighted by atomic mass is 10.2. The third-order valence-electron chi connectivity index (χ3n) is 2.33. The number of primary amides is 1. The normalized spacial score (nSPS) is 12.6. The van der Waals surface area contributed by atoms with Crippen molar-refractivity contribution in [2.45, 2.75) is 25.9 Å². The Balaban J connectivity index is 2.44. The van der Waals surface area contributed by atoms with Gasteiger partial charge in [-0.15, -0.1) is 0 Å². The Morgan fingerprint density at radius 3 is 2.88 bits per heavy atom. The number of hydrogen-bond donors (Lipinski definition) is 2. The molecule has 0 aliphatic rings. The molecule has 5 heteroatoms. The molecule has 16 heavy (non-hydrogen) atoms. The van der Waals surface area contributed by atoms with Crippen LogP contribution in [-0.2, 0) is 11.3 Å². The van der Waals surface area contributed by atoms with Crippen molar-refractivity contribution < 1.29 is 13.9 Å². The Morgan fingerprint density at radius 1 is 1.62 bits per heavy atom. The number of hydrogen-bond acceptors (Lipinski definition) is 4. The molecule has 1 aromatic heterocycles. The van der Waals surface area contributed by atoms with Crippen LogP contribution in [0.1, 0.15) is 29.7 Å². The first kappa shape index (κ1) is 12.7. The van der Waals surface area contributed by atoms with E-state index in [1.165, 1.54) is 0 Å². The number of nitrogens with two attached hydrogens (primary N) is 1. The molecule has 0 fully saturated rings. The molecule has 1 unspecified atom stereocenters. The quantitative estimate of drug-likeness (QED) is 0.724. The van der Waals surface area contributed by atoms with Gasteiger partial charge in [0.1, 0.15) is 5.76 Å². The Bertz CT molecular complexity index is 336. The number of amides is 1. The van der Waals surface area contributed by atoms with Crippen molar-refractivity contribution in [2.75, 3.05) is 13.7 Å². The fourth-order valence-electron chi connectivity index (χ4n) is 1.37. The number of carbonyl (C=O) groups excluding carboxylic acids is 1. The Morgan fingerprint density at radius 2 is 2.38 bits per heavy atom. The fraction of sp³-hybridized carbons (Fsp3) is 0.545. The van der Waals surface area contributed by atoms with Gasteiger partial charge < -0.3 is 20.2 Å². The maximum atomic E-state index is 10.8. The van der Waals surface area contributed by atoms with Gasteiger partial charge in [0.05, 0.1) is 13.2 Å². The Labute approximate surface area is 94.9 Å². The number of ether oxygens (including phenoxy) is 1. The predicted molar refractivity (Wildman–Crippen MR) is 60.0 cm³/mol. The van der Waals surface area contributed by atoms with Crippen LogP contribution in [0.5, 0.6) is 0 Å². The molecule has 0 aliphatic carbocycles. The molecule has 1 aromatic rings. The highest BCUT2D eigenvalue weighted by atomic mass is 16.5. The zero-order chi connectivity index (χ0) is 12.0. The summed E-state index contributed by atoms with van der Waals surface area (Å²) in [4.78, 5) is 10.8. The van der Waals surface area contributed by atoms with Crippen molar-refractivity contribution in [1.29, 1.82) is 0 Å². The lowest BCUT2D eigenvalue weighted by Crippen LogP contribution is -2.31. The second kappa shape index (κ2) is 6.30. The van der Waals surface area contributed by atoms with Crippen LogP contribution in [0.2, 0.25) is 0 Å². The Kier molecular flexibility index (Phi) is 5.01. The maximum absolute atomic E-state index is 10.8. The van der Waals surface area contributed by atoms with Crippen LogP contribution >= 0.6 is 0 Å². The van der Waals surface area contributed by atoms with Gasteiger partial charge in [0.15, 0.2) is 5.76 Å². The largest absolute Gasteiger partial charge is 0.455 e. The molecule has 1 heterocycles. The lowest BCUT2D eigenvalue weighted by molar-refractivity contribution is 0.0971. The van der Waals surface area contributed by atoms with Gasteiger partial charge in [0.2, 0.25) is 0 Å². The molecule has 90 valence electrons. The molecule has 0 radical (unpaired) electrons. The second-order valence-electron chi connectivity index (χ2n) is 3.57. The molecule has 0 saturated carbocycles. The van der Waals surface area contributed by atoms with E-state index in [0.29, 0.717) is 18.9 Å². The minimum Gasteiger partial charge on any atom is -0.455 e. The molecular weight excluding hydrogens is 208 g/mol. The third kappa shape index (κ3) is 3.67. The van der Waals surface area contributed by atoms with Crippen LogP contribution < -0.4 is 11.1 Å². The monoisotopic (exact) mass is 226 g/mol. The van der Waals surface area contributed by atoms with Gasteiger partial charge in [-0.25, -0.2) is 0 Å². The summed E-state index contributed by atoms with van der Waals surface area (Å²) in [6.07, 6.45) is 0.969.